The highest BCUT2D eigenvalue weighted by atomic mass is 33.1. The number of methoxy groups -OCH3 is 2. The van der Waals surface area contributed by atoms with E-state index in [4.69, 9.17) is 39.3 Å². The third-order valence-corrected chi connectivity index (χ3v) is 18.8. The molecule has 0 saturated heterocycles. The van der Waals surface area contributed by atoms with E-state index in [1.807, 2.05) is 59.6 Å². The summed E-state index contributed by atoms with van der Waals surface area (Å²) in [5.74, 6) is 6.47. The normalized spacial score (nSPS) is 16.9. The molecule has 0 aromatic heterocycles. The monoisotopic (exact) mass is 1180 g/mol. The van der Waals surface area contributed by atoms with Gasteiger partial charge in [0, 0.05) is 91.5 Å². The number of nitrogens with zero attached hydrogens (tertiary/aromatic N) is 4. The van der Waals surface area contributed by atoms with Crippen LogP contribution < -0.4 is 45.3 Å². The number of hydrogen-bond donors (Lipinski definition) is 3. The first-order chi connectivity index (χ1) is 40.8. The number of rotatable bonds is 29. The Hall–Kier alpha value is -7.40. The van der Waals surface area contributed by atoms with Crippen LogP contribution in [0.25, 0.3) is 0 Å². The van der Waals surface area contributed by atoms with Gasteiger partial charge in [0.15, 0.2) is 23.0 Å². The van der Waals surface area contributed by atoms with Crippen molar-refractivity contribution in [2.75, 3.05) is 87.8 Å². The molecule has 5 aromatic rings. The Balaban J connectivity index is 0.889. The van der Waals surface area contributed by atoms with Gasteiger partial charge in [-0.3, -0.25) is 38.8 Å². The second kappa shape index (κ2) is 27.5. The van der Waals surface area contributed by atoms with E-state index < -0.39 is 0 Å². The summed E-state index contributed by atoms with van der Waals surface area (Å²) >= 11 is 0. The van der Waals surface area contributed by atoms with Gasteiger partial charge in [-0.1, -0.05) is 70.1 Å². The molecular weight excluding hydrogens is 1110 g/mol. The molecule has 0 spiro atoms. The zero-order valence-corrected chi connectivity index (χ0v) is 49.4. The lowest BCUT2D eigenvalue weighted by atomic mass is 9.86. The number of nitrogens with one attached hydrogen (secondary N) is 2. The molecule has 3 atom stereocenters. The van der Waals surface area contributed by atoms with Gasteiger partial charge >= 0.3 is 0 Å². The van der Waals surface area contributed by atoms with Crippen LogP contribution in [0.3, 0.4) is 0 Å². The van der Waals surface area contributed by atoms with Gasteiger partial charge < -0.3 is 48.8 Å². The summed E-state index contributed by atoms with van der Waals surface area (Å²) in [4.78, 5) is 79.4. The topological polar surface area (TPSA) is 222 Å². The van der Waals surface area contributed by atoms with Crippen LogP contribution >= 0.6 is 21.6 Å². The van der Waals surface area contributed by atoms with Gasteiger partial charge in [0.25, 0.3) is 23.6 Å². The van der Waals surface area contributed by atoms with Crippen molar-refractivity contribution in [3.63, 3.8) is 0 Å². The highest BCUT2D eigenvalue weighted by Gasteiger charge is 2.39. The summed E-state index contributed by atoms with van der Waals surface area (Å²) in [7, 11) is 6.61. The van der Waals surface area contributed by atoms with Crippen molar-refractivity contribution in [3.05, 3.63) is 142 Å². The number of para-hydroxylation sites is 2. The molecule has 442 valence electrons. The number of anilines is 3. The van der Waals surface area contributed by atoms with Gasteiger partial charge in [0.05, 0.1) is 75.2 Å². The fraction of sp³-hybridized carbons (Fsp3) is 0.397. The molecule has 0 saturated carbocycles. The average molecular weight is 1180 g/mol. The minimum atomic E-state index is -0.374. The maximum absolute atomic E-state index is 14.3. The molecule has 0 fully saturated rings. The number of nitrogens with two attached hydrogens (primary N) is 1. The first-order valence-corrected chi connectivity index (χ1v) is 30.6. The Morgan fingerprint density at radius 3 is 2.10 bits per heavy atom. The summed E-state index contributed by atoms with van der Waals surface area (Å²) in [6, 6.07) is 29.2. The second-order valence-electron chi connectivity index (χ2n) is 21.7. The lowest BCUT2D eigenvalue weighted by Gasteiger charge is -2.30. The molecule has 10 rings (SSSR count). The van der Waals surface area contributed by atoms with Crippen molar-refractivity contribution in [1.82, 2.24) is 10.2 Å². The largest absolute Gasteiger partial charge is 0.493 e. The van der Waals surface area contributed by atoms with Crippen molar-refractivity contribution < 1.29 is 57.2 Å². The summed E-state index contributed by atoms with van der Waals surface area (Å²) in [5, 5.41) is 6.37. The molecule has 0 radical (unpaired) electrons. The Morgan fingerprint density at radius 2 is 1.39 bits per heavy atom. The van der Waals surface area contributed by atoms with Gasteiger partial charge in [-0.2, -0.15) is 0 Å². The minimum absolute atomic E-state index is 0.0208. The van der Waals surface area contributed by atoms with E-state index in [9.17, 15) is 24.0 Å². The van der Waals surface area contributed by atoms with Crippen LogP contribution in [0.15, 0.2) is 108 Å². The lowest BCUT2D eigenvalue weighted by molar-refractivity contribution is -0.137. The maximum atomic E-state index is 14.3. The number of imide groups is 1. The van der Waals surface area contributed by atoms with Crippen molar-refractivity contribution in [2.24, 2.45) is 10.9 Å². The zero-order valence-electron chi connectivity index (χ0n) is 47.7. The van der Waals surface area contributed by atoms with Crippen LogP contribution in [-0.2, 0) is 54.8 Å². The third kappa shape index (κ3) is 14.0. The maximum Gasteiger partial charge on any atom is 0.261 e. The summed E-state index contributed by atoms with van der Waals surface area (Å²) in [6.07, 6.45) is 8.10. The molecule has 5 amide bonds. The van der Waals surface area contributed by atoms with Crippen molar-refractivity contribution in [3.8, 4) is 23.0 Å². The average Bonchev–Trinajstić information content (AvgIpc) is 2.09. The molecular formula is C63H71N7O12S2. The number of aliphatic imine (C=N–C) groups is 1. The number of ether oxygens (including phenoxy) is 6. The molecule has 5 heterocycles. The van der Waals surface area contributed by atoms with Gasteiger partial charge in [0.1, 0.15) is 13.2 Å². The van der Waals surface area contributed by atoms with Crippen LogP contribution in [-0.4, -0.2) is 130 Å². The van der Waals surface area contributed by atoms with E-state index in [1.165, 1.54) is 12.2 Å². The third-order valence-electron chi connectivity index (χ3n) is 15.4. The van der Waals surface area contributed by atoms with Crippen molar-refractivity contribution in [1.29, 1.82) is 0 Å². The van der Waals surface area contributed by atoms with Crippen molar-refractivity contribution in [2.45, 2.75) is 88.3 Å². The van der Waals surface area contributed by atoms with Crippen LogP contribution in [0.4, 0.5) is 22.7 Å². The predicted molar refractivity (Wildman–Crippen MR) is 325 cm³/mol. The Bertz CT molecular complexity index is 3300. The van der Waals surface area contributed by atoms with Gasteiger partial charge in [-0.15, -0.1) is 0 Å². The highest BCUT2D eigenvalue weighted by molar-refractivity contribution is 8.77. The Morgan fingerprint density at radius 1 is 0.762 bits per heavy atom. The molecule has 84 heavy (non-hydrogen) atoms. The molecule has 0 aliphatic carbocycles. The molecule has 5 aliphatic rings. The SMILES string of the molecule is COc1cc2c(cc1OCc1cc(COc3cc4c(cc3OC)C(=O)N3c5ccccc5C[C@H]3CN4)cc(C(CCOCCOCCON)CC(C)(C)SSCCCC(=O)NCCN3C(=O)C=CC3=O)c1)N=C[C@@H]1Cc3ccccc3N1C2=O. The Labute approximate surface area is 497 Å². The number of benzene rings is 5. The van der Waals surface area contributed by atoms with E-state index >= 15 is 0 Å². The van der Waals surface area contributed by atoms with Gasteiger partial charge in [-0.05, 0) is 104 Å². The van der Waals surface area contributed by atoms with Crippen LogP contribution in [0.2, 0.25) is 0 Å². The minimum Gasteiger partial charge on any atom is -0.493 e. The number of fused-ring (bicyclic) bond motifs is 8. The molecule has 5 aromatic carbocycles. The smallest absolute Gasteiger partial charge is 0.261 e. The molecule has 21 heteroatoms. The van der Waals surface area contributed by atoms with E-state index in [2.05, 4.69) is 53.6 Å². The van der Waals surface area contributed by atoms with Crippen molar-refractivity contribution >= 4 is 80.1 Å². The zero-order chi connectivity index (χ0) is 58.7. The van der Waals surface area contributed by atoms with E-state index in [-0.39, 0.29) is 85.2 Å². The predicted octanol–water partition coefficient (Wildman–Crippen LogP) is 8.91. The first-order valence-electron chi connectivity index (χ1n) is 28.3. The molecule has 5 aliphatic heterocycles. The van der Waals surface area contributed by atoms with Crippen LogP contribution in [0, 0.1) is 0 Å². The second-order valence-corrected chi connectivity index (χ2v) is 24.8. The van der Waals surface area contributed by atoms with Crippen LogP contribution in [0.5, 0.6) is 23.0 Å². The molecule has 4 N–H and O–H groups in total. The highest BCUT2D eigenvalue weighted by Crippen LogP contribution is 2.46. The standard InChI is InChI=1S/C63H71N7O12S2/c1-63(2,84-83-25-9-14-58(71)65-18-19-68-59(72)15-16-60(68)73)35-44(17-20-78-21-22-79-23-24-82-64)45-27-40(38-80-56-33-50-48(31-54(56)76-3)61(74)69-46(36-66-50)29-42-10-5-7-12-52(42)69)26-41(28-45)39-81-57-34-51-49(32-55(57)77-4)62(75)70-47(37-67-51)30-43-11-6-8-13-53(43)70/h5-8,10-13,15-16,26-28,31-34,36,44,46-47,67H,9,14,17-25,29-30,35,37-39,64H2,1-4H3,(H,65,71)/t44?,46-,47-/m0/s1. The van der Waals surface area contributed by atoms with E-state index in [0.717, 1.165) is 62.7 Å². The van der Waals surface area contributed by atoms with Gasteiger partial charge in [0.2, 0.25) is 5.91 Å². The Kier molecular flexibility index (Phi) is 19.6. The summed E-state index contributed by atoms with van der Waals surface area (Å²) in [5.41, 5.74) is 8.88. The number of carbonyl (C=O) groups excluding carboxylic acids is 5. The molecule has 1 unspecified atom stereocenters. The van der Waals surface area contributed by atoms with Crippen LogP contribution in [0.1, 0.15) is 94.0 Å². The quantitative estimate of drug-likeness (QED) is 0.0176. The molecule has 0 bridgehead atoms. The fourth-order valence-electron chi connectivity index (χ4n) is 11.3. The number of amides is 5. The lowest BCUT2D eigenvalue weighted by Crippen LogP contribution is -2.39. The number of hydrogen-bond acceptors (Lipinski definition) is 17. The van der Waals surface area contributed by atoms with Gasteiger partial charge in [-0.25, -0.2) is 5.90 Å². The fourth-order valence-corrected chi connectivity index (χ4v) is 14.0. The summed E-state index contributed by atoms with van der Waals surface area (Å²) < 4.78 is 36.8. The van der Waals surface area contributed by atoms with E-state index in [0.29, 0.717) is 104 Å². The number of carbonyl (C=O) groups is 5. The van der Waals surface area contributed by atoms with E-state index in [1.54, 1.807) is 58.9 Å². The first kappa shape index (κ1) is 59.7. The summed E-state index contributed by atoms with van der Waals surface area (Å²) in [6.45, 7) is 7.46. The molecule has 19 nitrogen and oxygen atoms in total.